The van der Waals surface area contributed by atoms with Crippen molar-refractivity contribution in [1.29, 1.82) is 0 Å². The van der Waals surface area contributed by atoms with Gasteiger partial charge in [0.2, 0.25) is 5.91 Å². The minimum atomic E-state index is -0.150. The van der Waals surface area contributed by atoms with Crippen molar-refractivity contribution in [2.45, 2.75) is 38.5 Å². The number of ether oxygens (including phenoxy) is 1. The fourth-order valence-electron chi connectivity index (χ4n) is 2.93. The Balaban J connectivity index is 1.51. The average molecular weight is 373 g/mol. The molecule has 6 nitrogen and oxygen atoms in total. The molecule has 2 N–H and O–H groups in total. The Morgan fingerprint density at radius 2 is 2.19 bits per heavy atom. The number of thiazole rings is 1. The number of carbonyl (C=O) groups excluding carboxylic acids is 2. The van der Waals surface area contributed by atoms with Crippen LogP contribution in [0.15, 0.2) is 23.6 Å². The molecule has 0 radical (unpaired) electrons. The Kier molecular flexibility index (Phi) is 5.88. The SMILES string of the molecule is COC(=O)CCCCCNc1nc(-c2ccc3c(c2)[C@H](C)C(=O)N3)cs1. The second kappa shape index (κ2) is 8.31. The number of hydrogen-bond acceptors (Lipinski definition) is 6. The normalized spacial score (nSPS) is 15.5. The van der Waals surface area contributed by atoms with E-state index in [4.69, 9.17) is 0 Å². The van der Waals surface area contributed by atoms with E-state index in [1.807, 2.05) is 30.5 Å². The summed E-state index contributed by atoms with van der Waals surface area (Å²) in [4.78, 5) is 27.5. The van der Waals surface area contributed by atoms with E-state index in [2.05, 4.69) is 20.4 Å². The third kappa shape index (κ3) is 4.22. The lowest BCUT2D eigenvalue weighted by Gasteiger charge is -2.04. The zero-order chi connectivity index (χ0) is 18.5. The number of hydrogen-bond donors (Lipinski definition) is 2. The minimum Gasteiger partial charge on any atom is -0.469 e. The summed E-state index contributed by atoms with van der Waals surface area (Å²) in [7, 11) is 1.42. The molecule has 3 rings (SSSR count). The highest BCUT2D eigenvalue weighted by Gasteiger charge is 2.26. The predicted octanol–water partition coefficient (Wildman–Crippen LogP) is 4.01. The van der Waals surface area contributed by atoms with E-state index in [1.165, 1.54) is 7.11 Å². The van der Waals surface area contributed by atoms with Crippen LogP contribution < -0.4 is 10.6 Å². The number of aromatic nitrogens is 1. The number of methoxy groups -OCH3 is 1. The van der Waals surface area contributed by atoms with Crippen molar-refractivity contribution in [1.82, 2.24) is 4.98 Å². The molecule has 1 aliphatic heterocycles. The van der Waals surface area contributed by atoms with Gasteiger partial charge in [0.25, 0.3) is 0 Å². The number of unbranched alkanes of at least 4 members (excludes halogenated alkanes) is 2. The van der Waals surface area contributed by atoms with Gasteiger partial charge in [0.1, 0.15) is 0 Å². The monoisotopic (exact) mass is 373 g/mol. The lowest BCUT2D eigenvalue weighted by atomic mass is 10.00. The van der Waals surface area contributed by atoms with Crippen molar-refractivity contribution >= 4 is 34.0 Å². The molecule has 2 heterocycles. The Labute approximate surface area is 157 Å². The van der Waals surface area contributed by atoms with Crippen LogP contribution in [0.4, 0.5) is 10.8 Å². The Bertz CT molecular complexity index is 803. The maximum atomic E-state index is 11.8. The maximum absolute atomic E-state index is 11.8. The molecule has 1 aliphatic rings. The van der Waals surface area contributed by atoms with Gasteiger partial charge in [0, 0.05) is 29.6 Å². The van der Waals surface area contributed by atoms with Crippen LogP contribution in [0.1, 0.15) is 44.1 Å². The number of rotatable bonds is 8. The Morgan fingerprint density at radius 3 is 3.00 bits per heavy atom. The van der Waals surface area contributed by atoms with Gasteiger partial charge in [-0.05, 0) is 37.5 Å². The average Bonchev–Trinajstić information content (AvgIpc) is 3.23. The first-order chi connectivity index (χ1) is 12.6. The number of esters is 1. The van der Waals surface area contributed by atoms with Gasteiger partial charge in [-0.2, -0.15) is 0 Å². The third-order valence-corrected chi connectivity index (χ3v) is 5.33. The molecule has 1 amide bonds. The van der Waals surface area contributed by atoms with Crippen LogP contribution in [0.5, 0.6) is 0 Å². The van der Waals surface area contributed by atoms with Crippen molar-refractivity contribution in [2.24, 2.45) is 0 Å². The Hall–Kier alpha value is -2.41. The van der Waals surface area contributed by atoms with Gasteiger partial charge >= 0.3 is 5.97 Å². The minimum absolute atomic E-state index is 0.0463. The molecule has 2 aromatic rings. The number of nitrogens with zero attached hydrogens (tertiary/aromatic N) is 1. The van der Waals surface area contributed by atoms with Gasteiger partial charge in [0.15, 0.2) is 5.13 Å². The summed E-state index contributed by atoms with van der Waals surface area (Å²) in [6, 6.07) is 5.98. The molecule has 1 aromatic carbocycles. The van der Waals surface area contributed by atoms with Crippen molar-refractivity contribution in [3.05, 3.63) is 29.1 Å². The zero-order valence-electron chi connectivity index (χ0n) is 15.0. The fourth-order valence-corrected chi connectivity index (χ4v) is 3.68. The van der Waals surface area contributed by atoms with Crippen LogP contribution in [-0.4, -0.2) is 30.5 Å². The number of carbonyl (C=O) groups is 2. The van der Waals surface area contributed by atoms with Crippen LogP contribution in [0, 0.1) is 0 Å². The van der Waals surface area contributed by atoms with Crippen molar-refractivity contribution in [2.75, 3.05) is 24.3 Å². The molecule has 0 fully saturated rings. The molecule has 26 heavy (non-hydrogen) atoms. The third-order valence-electron chi connectivity index (χ3n) is 4.53. The summed E-state index contributed by atoms with van der Waals surface area (Å²) in [6.45, 7) is 2.74. The van der Waals surface area contributed by atoms with Crippen LogP contribution in [0.3, 0.4) is 0 Å². The number of nitrogens with one attached hydrogen (secondary N) is 2. The highest BCUT2D eigenvalue weighted by atomic mass is 32.1. The van der Waals surface area contributed by atoms with Gasteiger partial charge in [0.05, 0.1) is 18.7 Å². The fraction of sp³-hybridized carbons (Fsp3) is 0.421. The van der Waals surface area contributed by atoms with Gasteiger partial charge in [-0.15, -0.1) is 11.3 Å². The van der Waals surface area contributed by atoms with E-state index in [0.29, 0.717) is 6.42 Å². The van der Waals surface area contributed by atoms with Crippen molar-refractivity contribution < 1.29 is 14.3 Å². The summed E-state index contributed by atoms with van der Waals surface area (Å²) in [5.41, 5.74) is 3.86. The highest BCUT2D eigenvalue weighted by molar-refractivity contribution is 7.14. The molecule has 0 unspecified atom stereocenters. The van der Waals surface area contributed by atoms with Crippen LogP contribution in [0.2, 0.25) is 0 Å². The number of amides is 1. The van der Waals surface area contributed by atoms with E-state index in [-0.39, 0.29) is 17.8 Å². The quantitative estimate of drug-likeness (QED) is 0.540. The van der Waals surface area contributed by atoms with Crippen LogP contribution in [-0.2, 0) is 14.3 Å². The molecular weight excluding hydrogens is 350 g/mol. The molecule has 138 valence electrons. The number of fused-ring (bicyclic) bond motifs is 1. The summed E-state index contributed by atoms with van der Waals surface area (Å²) < 4.78 is 4.63. The molecule has 0 bridgehead atoms. The van der Waals surface area contributed by atoms with Gasteiger partial charge in [-0.3, -0.25) is 9.59 Å². The van der Waals surface area contributed by atoms with Crippen molar-refractivity contribution in [3.8, 4) is 11.3 Å². The lowest BCUT2D eigenvalue weighted by molar-refractivity contribution is -0.140. The van der Waals surface area contributed by atoms with Crippen molar-refractivity contribution in [3.63, 3.8) is 0 Å². The number of anilines is 2. The molecule has 0 aliphatic carbocycles. The number of benzene rings is 1. The second-order valence-electron chi connectivity index (χ2n) is 6.36. The molecular formula is C19H23N3O3S. The van der Waals surface area contributed by atoms with E-state index in [1.54, 1.807) is 11.3 Å². The summed E-state index contributed by atoms with van der Waals surface area (Å²) in [6.07, 6.45) is 3.28. The largest absolute Gasteiger partial charge is 0.469 e. The molecule has 0 saturated heterocycles. The molecule has 7 heteroatoms. The van der Waals surface area contributed by atoms with Crippen LogP contribution >= 0.6 is 11.3 Å². The summed E-state index contributed by atoms with van der Waals surface area (Å²) >= 11 is 1.57. The first-order valence-corrected chi connectivity index (χ1v) is 9.68. The second-order valence-corrected chi connectivity index (χ2v) is 7.22. The van der Waals surface area contributed by atoms with Gasteiger partial charge in [-0.1, -0.05) is 12.5 Å². The topological polar surface area (TPSA) is 80.3 Å². The predicted molar refractivity (Wildman–Crippen MR) is 104 cm³/mol. The molecule has 0 saturated carbocycles. The van der Waals surface area contributed by atoms with Crippen LogP contribution in [0.25, 0.3) is 11.3 Å². The maximum Gasteiger partial charge on any atom is 0.305 e. The first kappa shape index (κ1) is 18.4. The van der Waals surface area contributed by atoms with E-state index < -0.39 is 0 Å². The lowest BCUT2D eigenvalue weighted by Crippen LogP contribution is -2.08. The zero-order valence-corrected chi connectivity index (χ0v) is 15.8. The standard InChI is InChI=1S/C19H23N3O3S/c1-12-14-10-13(7-8-15(14)21-18(12)24)16-11-26-19(22-16)20-9-5-3-4-6-17(23)25-2/h7-8,10-12H,3-6,9H2,1-2H3,(H,20,22)(H,21,24)/t12-/m0/s1. The smallest absolute Gasteiger partial charge is 0.305 e. The summed E-state index contributed by atoms with van der Waals surface area (Å²) in [5.74, 6) is -0.223. The first-order valence-electron chi connectivity index (χ1n) is 8.80. The summed E-state index contributed by atoms with van der Waals surface area (Å²) in [5, 5.41) is 9.13. The van der Waals surface area contributed by atoms with E-state index in [0.717, 1.165) is 53.4 Å². The Morgan fingerprint density at radius 1 is 1.35 bits per heavy atom. The van der Waals surface area contributed by atoms with E-state index in [9.17, 15) is 9.59 Å². The molecule has 1 atom stereocenters. The molecule has 0 spiro atoms. The highest BCUT2D eigenvalue weighted by Crippen LogP contribution is 2.36. The van der Waals surface area contributed by atoms with Gasteiger partial charge in [-0.25, -0.2) is 4.98 Å². The van der Waals surface area contributed by atoms with Gasteiger partial charge < -0.3 is 15.4 Å². The van der Waals surface area contributed by atoms with E-state index >= 15 is 0 Å². The molecule has 1 aromatic heterocycles.